The van der Waals surface area contributed by atoms with E-state index in [2.05, 4.69) is 27.6 Å². The molecule has 1 rings (SSSR count). The number of halogens is 1. The molecule has 0 aliphatic rings. The van der Waals surface area contributed by atoms with Crippen molar-refractivity contribution in [2.45, 2.75) is 20.0 Å². The van der Waals surface area contributed by atoms with Crippen LogP contribution in [0.4, 0.5) is 0 Å². The Kier molecular flexibility index (Phi) is 3.11. The maximum atomic E-state index is 5.40. The normalized spacial score (nSPS) is 10.2. The summed E-state index contributed by atoms with van der Waals surface area (Å²) in [5.41, 5.74) is 0. The van der Waals surface area contributed by atoms with Crippen molar-refractivity contribution in [3.63, 3.8) is 0 Å². The number of ether oxygens (including phenoxy) is 1. The van der Waals surface area contributed by atoms with Crippen LogP contribution in [0.2, 0.25) is 0 Å². The molecule has 1 aromatic heterocycles. The van der Waals surface area contributed by atoms with Crippen LogP contribution in [-0.2, 0) is 0 Å². The Morgan fingerprint density at radius 2 is 2.18 bits per heavy atom. The van der Waals surface area contributed by atoms with Crippen LogP contribution in [0.5, 0.6) is 5.75 Å². The molecule has 1 aromatic rings. The summed E-state index contributed by atoms with van der Waals surface area (Å²) in [6.07, 6.45) is 1.96. The molecule has 3 heteroatoms. The minimum atomic E-state index is 0.219. The van der Waals surface area contributed by atoms with Crippen LogP contribution in [0.25, 0.3) is 0 Å². The van der Waals surface area contributed by atoms with Gasteiger partial charge in [-0.3, -0.25) is 0 Å². The Labute approximate surface area is 80.1 Å². The summed E-state index contributed by atoms with van der Waals surface area (Å²) in [4.78, 5) is 4.09. The van der Waals surface area contributed by atoms with Crippen LogP contribution in [0.1, 0.15) is 13.8 Å². The van der Waals surface area contributed by atoms with E-state index in [-0.39, 0.29) is 6.10 Å². The molecular weight excluding hydrogens is 253 g/mol. The van der Waals surface area contributed by atoms with Crippen molar-refractivity contribution in [1.82, 2.24) is 4.98 Å². The standard InChI is InChI=1S/C8H10INO/c1-6(2)11-7-3-4-8(9)10-5-7/h3-6H,1-2H3. The molecule has 0 atom stereocenters. The minimum Gasteiger partial charge on any atom is -0.489 e. The van der Waals surface area contributed by atoms with Gasteiger partial charge in [-0.25, -0.2) is 4.98 Å². The van der Waals surface area contributed by atoms with E-state index < -0.39 is 0 Å². The fraction of sp³-hybridized carbons (Fsp3) is 0.375. The van der Waals surface area contributed by atoms with Gasteiger partial charge in [-0.15, -0.1) is 0 Å². The van der Waals surface area contributed by atoms with Gasteiger partial charge < -0.3 is 4.74 Å². The maximum Gasteiger partial charge on any atom is 0.138 e. The zero-order valence-electron chi connectivity index (χ0n) is 6.54. The topological polar surface area (TPSA) is 22.1 Å². The number of pyridine rings is 1. The Morgan fingerprint density at radius 3 is 2.64 bits per heavy atom. The molecule has 0 aliphatic heterocycles. The first-order valence-electron chi connectivity index (χ1n) is 3.46. The van der Waals surface area contributed by atoms with Crippen molar-refractivity contribution >= 4 is 22.6 Å². The molecule has 0 spiro atoms. The average molecular weight is 263 g/mol. The molecule has 0 saturated heterocycles. The minimum absolute atomic E-state index is 0.219. The third-order valence-corrected chi connectivity index (χ3v) is 1.71. The lowest BCUT2D eigenvalue weighted by Gasteiger charge is -2.07. The second-order valence-corrected chi connectivity index (χ2v) is 3.59. The second-order valence-electron chi connectivity index (χ2n) is 2.48. The van der Waals surface area contributed by atoms with Crippen molar-refractivity contribution in [2.24, 2.45) is 0 Å². The molecule has 0 radical (unpaired) electrons. The fourth-order valence-corrected chi connectivity index (χ4v) is 1.02. The first-order chi connectivity index (χ1) is 5.18. The fourth-order valence-electron chi connectivity index (χ4n) is 0.704. The summed E-state index contributed by atoms with van der Waals surface area (Å²) in [6, 6.07) is 3.85. The zero-order valence-corrected chi connectivity index (χ0v) is 8.70. The van der Waals surface area contributed by atoms with E-state index in [1.807, 2.05) is 26.0 Å². The molecule has 0 N–H and O–H groups in total. The Hall–Kier alpha value is -0.320. The largest absolute Gasteiger partial charge is 0.489 e. The first kappa shape index (κ1) is 8.77. The monoisotopic (exact) mass is 263 g/mol. The van der Waals surface area contributed by atoms with Crippen LogP contribution in [-0.4, -0.2) is 11.1 Å². The Bertz CT molecular complexity index is 220. The van der Waals surface area contributed by atoms with Gasteiger partial charge >= 0.3 is 0 Å². The quantitative estimate of drug-likeness (QED) is 0.604. The van der Waals surface area contributed by atoms with E-state index in [0.717, 1.165) is 9.45 Å². The second kappa shape index (κ2) is 3.90. The molecule has 0 aromatic carbocycles. The molecule has 0 aliphatic carbocycles. The Balaban J connectivity index is 2.66. The SMILES string of the molecule is CC(C)Oc1ccc(I)nc1. The van der Waals surface area contributed by atoms with E-state index in [1.54, 1.807) is 6.20 Å². The summed E-state index contributed by atoms with van der Waals surface area (Å²) in [6.45, 7) is 4.00. The number of aromatic nitrogens is 1. The zero-order chi connectivity index (χ0) is 8.27. The van der Waals surface area contributed by atoms with Crippen LogP contribution >= 0.6 is 22.6 Å². The van der Waals surface area contributed by atoms with Crippen molar-refractivity contribution in [1.29, 1.82) is 0 Å². The van der Waals surface area contributed by atoms with Gasteiger partial charge in [0.05, 0.1) is 12.3 Å². The average Bonchev–Trinajstić information content (AvgIpc) is 1.93. The lowest BCUT2D eigenvalue weighted by molar-refractivity contribution is 0.241. The van der Waals surface area contributed by atoms with Crippen LogP contribution in [0.3, 0.4) is 0 Å². The van der Waals surface area contributed by atoms with E-state index in [0.29, 0.717) is 0 Å². The summed E-state index contributed by atoms with van der Waals surface area (Å²) >= 11 is 2.16. The van der Waals surface area contributed by atoms with Gasteiger partial charge in [0.15, 0.2) is 0 Å². The summed E-state index contributed by atoms with van der Waals surface area (Å²) in [5.74, 6) is 0.834. The van der Waals surface area contributed by atoms with Crippen LogP contribution in [0.15, 0.2) is 18.3 Å². The van der Waals surface area contributed by atoms with Crippen LogP contribution in [0, 0.1) is 3.70 Å². The lowest BCUT2D eigenvalue weighted by Crippen LogP contribution is -2.05. The number of nitrogens with zero attached hydrogens (tertiary/aromatic N) is 1. The number of hydrogen-bond acceptors (Lipinski definition) is 2. The van der Waals surface area contributed by atoms with Gasteiger partial charge in [0, 0.05) is 0 Å². The molecule has 0 unspecified atom stereocenters. The van der Waals surface area contributed by atoms with Gasteiger partial charge in [-0.05, 0) is 48.6 Å². The van der Waals surface area contributed by atoms with Gasteiger partial charge in [0.1, 0.15) is 9.45 Å². The van der Waals surface area contributed by atoms with E-state index >= 15 is 0 Å². The summed E-state index contributed by atoms with van der Waals surface area (Å²) in [5, 5.41) is 0. The van der Waals surface area contributed by atoms with E-state index in [4.69, 9.17) is 4.74 Å². The molecule has 0 amide bonds. The molecule has 0 saturated carbocycles. The maximum absolute atomic E-state index is 5.40. The summed E-state index contributed by atoms with van der Waals surface area (Å²) < 4.78 is 6.39. The predicted octanol–water partition coefficient (Wildman–Crippen LogP) is 2.47. The van der Waals surface area contributed by atoms with Crippen molar-refractivity contribution in [3.8, 4) is 5.75 Å². The number of rotatable bonds is 2. The molecular formula is C8H10INO. The van der Waals surface area contributed by atoms with Crippen molar-refractivity contribution < 1.29 is 4.74 Å². The van der Waals surface area contributed by atoms with Gasteiger partial charge in [0.25, 0.3) is 0 Å². The van der Waals surface area contributed by atoms with Gasteiger partial charge in [0.2, 0.25) is 0 Å². The highest BCUT2D eigenvalue weighted by Crippen LogP contribution is 2.11. The van der Waals surface area contributed by atoms with E-state index in [1.165, 1.54) is 0 Å². The highest BCUT2D eigenvalue weighted by Gasteiger charge is 1.96. The Morgan fingerprint density at radius 1 is 1.45 bits per heavy atom. The van der Waals surface area contributed by atoms with Gasteiger partial charge in [-0.2, -0.15) is 0 Å². The lowest BCUT2D eigenvalue weighted by atomic mass is 10.4. The van der Waals surface area contributed by atoms with Crippen molar-refractivity contribution in [2.75, 3.05) is 0 Å². The summed E-state index contributed by atoms with van der Waals surface area (Å²) in [7, 11) is 0. The first-order valence-corrected chi connectivity index (χ1v) is 4.54. The molecule has 11 heavy (non-hydrogen) atoms. The third kappa shape index (κ3) is 3.05. The smallest absolute Gasteiger partial charge is 0.138 e. The van der Waals surface area contributed by atoms with Crippen LogP contribution < -0.4 is 4.74 Å². The molecule has 1 heterocycles. The third-order valence-electron chi connectivity index (χ3n) is 1.07. The van der Waals surface area contributed by atoms with E-state index in [9.17, 15) is 0 Å². The highest BCUT2D eigenvalue weighted by atomic mass is 127. The highest BCUT2D eigenvalue weighted by molar-refractivity contribution is 14.1. The molecule has 2 nitrogen and oxygen atoms in total. The number of hydrogen-bond donors (Lipinski definition) is 0. The van der Waals surface area contributed by atoms with Gasteiger partial charge in [-0.1, -0.05) is 0 Å². The predicted molar refractivity (Wildman–Crippen MR) is 52.7 cm³/mol. The molecule has 0 bridgehead atoms. The molecule has 60 valence electrons. The van der Waals surface area contributed by atoms with Crippen molar-refractivity contribution in [3.05, 3.63) is 22.0 Å². The molecule has 0 fully saturated rings.